The molecule has 7 nitrogen and oxygen atoms in total. The molecule has 0 bridgehead atoms. The van der Waals surface area contributed by atoms with Gasteiger partial charge in [0.1, 0.15) is 6.04 Å². The second-order valence-electron chi connectivity index (χ2n) is 8.55. The van der Waals surface area contributed by atoms with Crippen LogP contribution in [0.4, 0.5) is 0 Å². The fraction of sp³-hybridized carbons (Fsp3) is 0.591. The van der Waals surface area contributed by atoms with Gasteiger partial charge >= 0.3 is 5.97 Å². The molecular weight excluding hydrogens is 372 g/mol. The Balaban J connectivity index is 2.69. The maximum Gasteiger partial charge on any atom is 0.329 e. The van der Waals surface area contributed by atoms with E-state index in [1.54, 1.807) is 32.9 Å². The molecule has 0 heterocycles. The number of nitrogens with one attached hydrogen (secondary N) is 2. The predicted molar refractivity (Wildman–Crippen MR) is 112 cm³/mol. The van der Waals surface area contributed by atoms with Crippen molar-refractivity contribution in [1.82, 2.24) is 10.6 Å². The molecule has 0 aliphatic carbocycles. The van der Waals surface area contributed by atoms with E-state index in [0.717, 1.165) is 5.56 Å². The molecule has 2 atom stereocenters. The third-order valence-corrected chi connectivity index (χ3v) is 4.39. The first-order chi connectivity index (χ1) is 13.5. The second kappa shape index (κ2) is 11.0. The van der Waals surface area contributed by atoms with Gasteiger partial charge in [-0.15, -0.1) is 0 Å². The molecule has 0 radical (unpaired) electrons. The summed E-state index contributed by atoms with van der Waals surface area (Å²) < 4.78 is 10.0. The lowest BCUT2D eigenvalue weighted by Crippen LogP contribution is -2.46. The summed E-state index contributed by atoms with van der Waals surface area (Å²) in [6.07, 6.45) is 0. The number of amides is 2. The molecule has 0 saturated carbocycles. The third-order valence-electron chi connectivity index (χ3n) is 4.39. The summed E-state index contributed by atoms with van der Waals surface area (Å²) in [6, 6.07) is 6.25. The first-order valence-electron chi connectivity index (χ1n) is 9.82. The number of carbonyl (C=O) groups excluding carboxylic acids is 3. The molecule has 0 saturated heterocycles. The SMILES string of the molecule is COC[C@H](C)NC(=O)COC(=O)[C@@H](NC(=O)c1ccc(C(C)(C)C)cc1)C(C)C. The van der Waals surface area contributed by atoms with Crippen molar-refractivity contribution >= 4 is 17.8 Å². The van der Waals surface area contributed by atoms with Crippen molar-refractivity contribution in [2.24, 2.45) is 5.92 Å². The van der Waals surface area contributed by atoms with Crippen LogP contribution in [-0.2, 0) is 24.5 Å². The van der Waals surface area contributed by atoms with Crippen molar-refractivity contribution in [2.75, 3.05) is 20.3 Å². The van der Waals surface area contributed by atoms with E-state index in [1.165, 1.54) is 7.11 Å². The Morgan fingerprint density at radius 3 is 2.07 bits per heavy atom. The topological polar surface area (TPSA) is 93.7 Å². The lowest BCUT2D eigenvalue weighted by molar-refractivity contribution is -0.151. The van der Waals surface area contributed by atoms with Crippen LogP contribution < -0.4 is 10.6 Å². The molecule has 0 spiro atoms. The minimum Gasteiger partial charge on any atom is -0.454 e. The molecule has 0 aliphatic heterocycles. The Morgan fingerprint density at radius 1 is 1.00 bits per heavy atom. The monoisotopic (exact) mass is 406 g/mol. The van der Waals surface area contributed by atoms with Gasteiger partial charge < -0.3 is 20.1 Å². The van der Waals surface area contributed by atoms with E-state index in [2.05, 4.69) is 31.4 Å². The highest BCUT2D eigenvalue weighted by molar-refractivity contribution is 5.97. The number of rotatable bonds is 9. The van der Waals surface area contributed by atoms with E-state index in [9.17, 15) is 14.4 Å². The van der Waals surface area contributed by atoms with Crippen molar-refractivity contribution in [3.05, 3.63) is 35.4 Å². The summed E-state index contributed by atoms with van der Waals surface area (Å²) in [4.78, 5) is 36.8. The molecule has 2 amide bonds. The van der Waals surface area contributed by atoms with Crippen molar-refractivity contribution < 1.29 is 23.9 Å². The predicted octanol–water partition coefficient (Wildman–Crippen LogP) is 2.43. The van der Waals surface area contributed by atoms with Crippen LogP contribution in [0.2, 0.25) is 0 Å². The van der Waals surface area contributed by atoms with E-state index < -0.39 is 24.5 Å². The highest BCUT2D eigenvalue weighted by Crippen LogP contribution is 2.22. The smallest absolute Gasteiger partial charge is 0.329 e. The Kier molecular flexibility index (Phi) is 9.30. The molecule has 0 aliphatic rings. The van der Waals surface area contributed by atoms with E-state index in [-0.39, 0.29) is 23.3 Å². The molecule has 1 rings (SSSR count). The number of methoxy groups -OCH3 is 1. The van der Waals surface area contributed by atoms with E-state index in [0.29, 0.717) is 12.2 Å². The molecule has 7 heteroatoms. The Labute approximate surface area is 173 Å². The van der Waals surface area contributed by atoms with Crippen LogP contribution >= 0.6 is 0 Å². The third kappa shape index (κ3) is 8.23. The van der Waals surface area contributed by atoms with Gasteiger partial charge in [-0.1, -0.05) is 46.8 Å². The summed E-state index contributed by atoms with van der Waals surface area (Å²) in [5, 5.41) is 5.37. The first kappa shape index (κ1) is 24.6. The van der Waals surface area contributed by atoms with Crippen molar-refractivity contribution in [1.29, 1.82) is 0 Å². The van der Waals surface area contributed by atoms with Gasteiger partial charge in [-0.25, -0.2) is 4.79 Å². The zero-order valence-electron chi connectivity index (χ0n) is 18.5. The molecular formula is C22H34N2O5. The fourth-order valence-corrected chi connectivity index (χ4v) is 2.68. The maximum atomic E-state index is 12.6. The Hall–Kier alpha value is -2.41. The molecule has 29 heavy (non-hydrogen) atoms. The molecule has 1 aromatic carbocycles. The van der Waals surface area contributed by atoms with Crippen molar-refractivity contribution in [3.8, 4) is 0 Å². The number of hydrogen-bond acceptors (Lipinski definition) is 5. The largest absolute Gasteiger partial charge is 0.454 e. The molecule has 1 aromatic rings. The van der Waals surface area contributed by atoms with E-state index in [1.807, 2.05) is 12.1 Å². The van der Waals surface area contributed by atoms with Gasteiger partial charge in [0.25, 0.3) is 11.8 Å². The highest BCUT2D eigenvalue weighted by atomic mass is 16.5. The summed E-state index contributed by atoms with van der Waals surface area (Å²) in [5.74, 6) is -1.63. The van der Waals surface area contributed by atoms with Gasteiger partial charge in [0, 0.05) is 18.7 Å². The zero-order valence-corrected chi connectivity index (χ0v) is 18.5. The van der Waals surface area contributed by atoms with E-state index >= 15 is 0 Å². The number of carbonyl (C=O) groups is 3. The number of esters is 1. The van der Waals surface area contributed by atoms with Gasteiger partial charge in [0.05, 0.1) is 6.61 Å². The normalized spacial score (nSPS) is 13.5. The van der Waals surface area contributed by atoms with Crippen LogP contribution in [0.15, 0.2) is 24.3 Å². The highest BCUT2D eigenvalue weighted by Gasteiger charge is 2.27. The number of ether oxygens (including phenoxy) is 2. The second-order valence-corrected chi connectivity index (χ2v) is 8.55. The maximum absolute atomic E-state index is 12.6. The van der Waals surface area contributed by atoms with Crippen LogP contribution in [0.25, 0.3) is 0 Å². The number of benzene rings is 1. The quantitative estimate of drug-likeness (QED) is 0.615. The van der Waals surface area contributed by atoms with Crippen LogP contribution in [0.5, 0.6) is 0 Å². The first-order valence-corrected chi connectivity index (χ1v) is 9.82. The standard InChI is InChI=1S/C22H34N2O5/c1-14(2)19(21(27)29-13-18(25)23-15(3)12-28-7)24-20(26)16-8-10-17(11-9-16)22(4,5)6/h8-11,14-15,19H,12-13H2,1-7H3,(H,23,25)(H,24,26)/t15-,19-/m0/s1. The van der Waals surface area contributed by atoms with Gasteiger partial charge in [0.15, 0.2) is 6.61 Å². The van der Waals surface area contributed by atoms with Gasteiger partial charge in [-0.3, -0.25) is 9.59 Å². The van der Waals surface area contributed by atoms with Crippen molar-refractivity contribution in [2.45, 2.75) is 59.0 Å². The van der Waals surface area contributed by atoms with Crippen LogP contribution in [-0.4, -0.2) is 50.2 Å². The van der Waals surface area contributed by atoms with Crippen molar-refractivity contribution in [3.63, 3.8) is 0 Å². The Morgan fingerprint density at radius 2 is 1.59 bits per heavy atom. The van der Waals surface area contributed by atoms with E-state index in [4.69, 9.17) is 9.47 Å². The molecule has 0 aromatic heterocycles. The Bertz CT molecular complexity index is 692. The summed E-state index contributed by atoms with van der Waals surface area (Å²) in [7, 11) is 1.54. The summed E-state index contributed by atoms with van der Waals surface area (Å²) >= 11 is 0. The van der Waals surface area contributed by atoms with Gasteiger partial charge in [-0.05, 0) is 36.0 Å². The average molecular weight is 407 g/mol. The van der Waals surface area contributed by atoms with Gasteiger partial charge in [-0.2, -0.15) is 0 Å². The average Bonchev–Trinajstić information content (AvgIpc) is 2.63. The molecule has 0 fully saturated rings. The van der Waals surface area contributed by atoms with Crippen LogP contribution in [0.3, 0.4) is 0 Å². The lowest BCUT2D eigenvalue weighted by atomic mass is 9.86. The number of hydrogen-bond donors (Lipinski definition) is 2. The zero-order chi connectivity index (χ0) is 22.2. The fourth-order valence-electron chi connectivity index (χ4n) is 2.68. The molecule has 0 unspecified atom stereocenters. The van der Waals surface area contributed by atoms with Crippen LogP contribution in [0, 0.1) is 5.92 Å². The minimum atomic E-state index is -0.853. The summed E-state index contributed by atoms with van der Waals surface area (Å²) in [5.41, 5.74) is 1.56. The molecule has 162 valence electrons. The summed E-state index contributed by atoms with van der Waals surface area (Å²) in [6.45, 7) is 11.6. The lowest BCUT2D eigenvalue weighted by Gasteiger charge is -2.22. The molecule has 2 N–H and O–H groups in total. The van der Waals surface area contributed by atoms with Crippen LogP contribution in [0.1, 0.15) is 57.5 Å². The minimum absolute atomic E-state index is 0.0133. The van der Waals surface area contributed by atoms with Gasteiger partial charge in [0.2, 0.25) is 0 Å².